The van der Waals surface area contributed by atoms with Gasteiger partial charge in [-0.1, -0.05) is 20.8 Å². The summed E-state index contributed by atoms with van der Waals surface area (Å²) in [5.74, 6) is 2.60. The van der Waals surface area contributed by atoms with E-state index in [4.69, 9.17) is 0 Å². The van der Waals surface area contributed by atoms with Crippen LogP contribution in [0.15, 0.2) is 0 Å². The lowest BCUT2D eigenvalue weighted by Crippen LogP contribution is -2.64. The van der Waals surface area contributed by atoms with Crippen LogP contribution in [0.4, 0.5) is 0 Å². The molecule has 1 heterocycles. The van der Waals surface area contributed by atoms with Crippen molar-refractivity contribution in [2.75, 3.05) is 19.6 Å². The van der Waals surface area contributed by atoms with E-state index in [1.165, 1.54) is 38.9 Å². The highest BCUT2D eigenvalue weighted by Crippen LogP contribution is 2.44. The summed E-state index contributed by atoms with van der Waals surface area (Å²) in [5, 5.41) is 3.70. The summed E-state index contributed by atoms with van der Waals surface area (Å²) in [7, 11) is 0. The van der Waals surface area contributed by atoms with Gasteiger partial charge in [-0.25, -0.2) is 0 Å². The third-order valence-corrected chi connectivity index (χ3v) is 4.89. The SMILES string of the molecule is CC(C)CC(C)CN1CC(C)NCC1(C)C1CC1. The van der Waals surface area contributed by atoms with Gasteiger partial charge < -0.3 is 5.32 Å². The van der Waals surface area contributed by atoms with Crippen molar-refractivity contribution in [3.63, 3.8) is 0 Å². The van der Waals surface area contributed by atoms with Gasteiger partial charge in [0, 0.05) is 31.2 Å². The van der Waals surface area contributed by atoms with E-state index in [0.717, 1.165) is 17.8 Å². The molecule has 18 heavy (non-hydrogen) atoms. The molecule has 2 aliphatic rings. The fourth-order valence-corrected chi connectivity index (χ4v) is 3.74. The van der Waals surface area contributed by atoms with Crippen molar-refractivity contribution in [3.8, 4) is 0 Å². The van der Waals surface area contributed by atoms with Crippen LogP contribution in [-0.4, -0.2) is 36.1 Å². The Hall–Kier alpha value is -0.0800. The fourth-order valence-electron chi connectivity index (χ4n) is 3.74. The van der Waals surface area contributed by atoms with Gasteiger partial charge in [0.2, 0.25) is 0 Å². The maximum absolute atomic E-state index is 3.70. The van der Waals surface area contributed by atoms with Gasteiger partial charge in [0.1, 0.15) is 0 Å². The third-order valence-electron chi connectivity index (χ3n) is 4.89. The molecule has 0 bridgehead atoms. The van der Waals surface area contributed by atoms with Gasteiger partial charge in [-0.05, 0) is 50.9 Å². The normalized spacial score (nSPS) is 36.0. The van der Waals surface area contributed by atoms with Crippen LogP contribution < -0.4 is 5.32 Å². The van der Waals surface area contributed by atoms with E-state index in [2.05, 4.69) is 44.8 Å². The highest BCUT2D eigenvalue weighted by Gasteiger charge is 2.47. The number of nitrogens with one attached hydrogen (secondary N) is 1. The van der Waals surface area contributed by atoms with Crippen molar-refractivity contribution in [2.45, 2.75) is 65.5 Å². The Balaban J connectivity index is 1.97. The molecule has 3 atom stereocenters. The Labute approximate surface area is 114 Å². The minimum absolute atomic E-state index is 0.428. The standard InChI is InChI=1S/C16H32N2/c1-12(2)8-13(3)9-18-10-14(4)17-11-16(18,5)15-6-7-15/h12-15,17H,6-11H2,1-5H3. The topological polar surface area (TPSA) is 15.3 Å². The van der Waals surface area contributed by atoms with Crippen LogP contribution in [0.5, 0.6) is 0 Å². The summed E-state index contributed by atoms with van der Waals surface area (Å²) in [6.07, 6.45) is 4.25. The Morgan fingerprint density at radius 3 is 2.50 bits per heavy atom. The van der Waals surface area contributed by atoms with Crippen LogP contribution in [0.3, 0.4) is 0 Å². The third kappa shape index (κ3) is 3.27. The molecular weight excluding hydrogens is 220 g/mol. The molecule has 1 saturated heterocycles. The number of hydrogen-bond donors (Lipinski definition) is 1. The maximum Gasteiger partial charge on any atom is 0.0334 e. The summed E-state index contributed by atoms with van der Waals surface area (Å²) in [4.78, 5) is 2.80. The van der Waals surface area contributed by atoms with E-state index in [9.17, 15) is 0 Å². The molecular formula is C16H32N2. The second-order valence-electron chi connectivity index (χ2n) is 7.55. The van der Waals surface area contributed by atoms with Crippen LogP contribution in [0, 0.1) is 17.8 Å². The van der Waals surface area contributed by atoms with Crippen LogP contribution in [0.1, 0.15) is 53.9 Å². The summed E-state index contributed by atoms with van der Waals surface area (Å²) in [5.41, 5.74) is 0.428. The fraction of sp³-hybridized carbons (Fsp3) is 1.00. The minimum atomic E-state index is 0.428. The van der Waals surface area contributed by atoms with E-state index >= 15 is 0 Å². The predicted molar refractivity (Wildman–Crippen MR) is 78.8 cm³/mol. The molecule has 0 amide bonds. The second kappa shape index (κ2) is 5.50. The summed E-state index contributed by atoms with van der Waals surface area (Å²) < 4.78 is 0. The lowest BCUT2D eigenvalue weighted by Gasteiger charge is -2.49. The van der Waals surface area contributed by atoms with Gasteiger partial charge in [0.25, 0.3) is 0 Å². The molecule has 0 aromatic carbocycles. The molecule has 2 fully saturated rings. The first-order valence-electron chi connectivity index (χ1n) is 7.90. The molecule has 2 nitrogen and oxygen atoms in total. The van der Waals surface area contributed by atoms with E-state index in [-0.39, 0.29) is 0 Å². The minimum Gasteiger partial charge on any atom is -0.311 e. The highest BCUT2D eigenvalue weighted by molar-refractivity contribution is 5.04. The van der Waals surface area contributed by atoms with Crippen molar-refractivity contribution in [3.05, 3.63) is 0 Å². The largest absolute Gasteiger partial charge is 0.311 e. The predicted octanol–water partition coefficient (Wildman–Crippen LogP) is 3.13. The molecule has 0 aromatic heterocycles. The molecule has 0 aromatic rings. The average Bonchev–Trinajstić information content (AvgIpc) is 3.06. The molecule has 1 N–H and O–H groups in total. The van der Waals surface area contributed by atoms with Crippen molar-refractivity contribution in [1.82, 2.24) is 10.2 Å². The van der Waals surface area contributed by atoms with Crippen molar-refractivity contribution in [2.24, 2.45) is 17.8 Å². The Morgan fingerprint density at radius 2 is 1.94 bits per heavy atom. The van der Waals surface area contributed by atoms with Crippen LogP contribution in [-0.2, 0) is 0 Å². The van der Waals surface area contributed by atoms with Gasteiger partial charge in [0.15, 0.2) is 0 Å². The van der Waals surface area contributed by atoms with E-state index in [0.29, 0.717) is 11.6 Å². The first-order chi connectivity index (χ1) is 8.41. The summed E-state index contributed by atoms with van der Waals surface area (Å²) in [6.45, 7) is 15.6. The molecule has 2 rings (SSSR count). The first kappa shape index (κ1) is 14.3. The first-order valence-corrected chi connectivity index (χ1v) is 7.90. The van der Waals surface area contributed by atoms with Crippen molar-refractivity contribution in [1.29, 1.82) is 0 Å². The second-order valence-corrected chi connectivity index (χ2v) is 7.55. The van der Waals surface area contributed by atoms with Gasteiger partial charge in [0.05, 0.1) is 0 Å². The zero-order valence-corrected chi connectivity index (χ0v) is 13.0. The van der Waals surface area contributed by atoms with Gasteiger partial charge in [-0.2, -0.15) is 0 Å². The zero-order chi connectivity index (χ0) is 13.3. The van der Waals surface area contributed by atoms with Crippen LogP contribution >= 0.6 is 0 Å². The van der Waals surface area contributed by atoms with Crippen LogP contribution in [0.2, 0.25) is 0 Å². The maximum atomic E-state index is 3.70. The highest BCUT2D eigenvalue weighted by atomic mass is 15.3. The molecule has 106 valence electrons. The van der Waals surface area contributed by atoms with Gasteiger partial charge >= 0.3 is 0 Å². The lowest BCUT2D eigenvalue weighted by molar-refractivity contribution is 0.0245. The molecule has 1 aliphatic carbocycles. The van der Waals surface area contributed by atoms with Crippen LogP contribution in [0.25, 0.3) is 0 Å². The Bertz CT molecular complexity index is 272. The Morgan fingerprint density at radius 1 is 1.28 bits per heavy atom. The molecule has 0 spiro atoms. The number of hydrogen-bond acceptors (Lipinski definition) is 2. The lowest BCUT2D eigenvalue weighted by atomic mass is 9.87. The number of piperazine rings is 1. The monoisotopic (exact) mass is 252 g/mol. The molecule has 1 aliphatic heterocycles. The van der Waals surface area contributed by atoms with E-state index in [1.807, 2.05) is 0 Å². The van der Waals surface area contributed by atoms with E-state index in [1.54, 1.807) is 0 Å². The van der Waals surface area contributed by atoms with Crippen molar-refractivity contribution >= 4 is 0 Å². The molecule has 1 saturated carbocycles. The number of nitrogens with zero attached hydrogens (tertiary/aromatic N) is 1. The molecule has 3 unspecified atom stereocenters. The average molecular weight is 252 g/mol. The smallest absolute Gasteiger partial charge is 0.0334 e. The molecule has 0 radical (unpaired) electrons. The van der Waals surface area contributed by atoms with Crippen molar-refractivity contribution < 1.29 is 0 Å². The number of rotatable bonds is 5. The van der Waals surface area contributed by atoms with Gasteiger partial charge in [-0.3, -0.25) is 4.90 Å². The zero-order valence-electron chi connectivity index (χ0n) is 13.0. The summed E-state index contributed by atoms with van der Waals surface area (Å²) >= 11 is 0. The van der Waals surface area contributed by atoms with Gasteiger partial charge in [-0.15, -0.1) is 0 Å². The Kier molecular flexibility index (Phi) is 4.38. The summed E-state index contributed by atoms with van der Waals surface area (Å²) in [6, 6.07) is 0.656. The molecule has 2 heteroatoms. The quantitative estimate of drug-likeness (QED) is 0.809. The van der Waals surface area contributed by atoms with E-state index < -0.39 is 0 Å².